The second-order valence-corrected chi connectivity index (χ2v) is 3.84. The Morgan fingerprint density at radius 2 is 2.13 bits per heavy atom. The van der Waals surface area contributed by atoms with E-state index in [9.17, 15) is 13.9 Å². The monoisotopic (exact) mass is 227 g/mol. The highest BCUT2D eigenvalue weighted by atomic mass is 32.1. The maximum absolute atomic E-state index is 13.3. The maximum Gasteiger partial charge on any atom is 0.165 e. The molecule has 1 atom stereocenters. The Bertz CT molecular complexity index is 458. The first-order valence-corrected chi connectivity index (χ1v) is 5.09. The van der Waals surface area contributed by atoms with Gasteiger partial charge in [0.15, 0.2) is 11.6 Å². The number of halogens is 2. The molecule has 2 nitrogen and oxygen atoms in total. The molecule has 5 heteroatoms. The summed E-state index contributed by atoms with van der Waals surface area (Å²) in [4.78, 5) is 3.84. The molecule has 0 spiro atoms. The van der Waals surface area contributed by atoms with Gasteiger partial charge in [-0.3, -0.25) is 0 Å². The Morgan fingerprint density at radius 3 is 2.80 bits per heavy atom. The van der Waals surface area contributed by atoms with Crippen molar-refractivity contribution in [3.63, 3.8) is 0 Å². The molecule has 15 heavy (non-hydrogen) atoms. The standard InChI is InChI=1S/C10H7F2NOS/c11-7-3-1-2-6(8(7)12)9(14)10-13-4-5-15-10/h1-5,9,14H. The zero-order valence-corrected chi connectivity index (χ0v) is 8.34. The fraction of sp³-hybridized carbons (Fsp3) is 0.100. The number of thiazole rings is 1. The van der Waals surface area contributed by atoms with E-state index in [2.05, 4.69) is 4.98 Å². The van der Waals surface area contributed by atoms with Crippen molar-refractivity contribution in [2.24, 2.45) is 0 Å². The van der Waals surface area contributed by atoms with E-state index >= 15 is 0 Å². The van der Waals surface area contributed by atoms with E-state index in [1.807, 2.05) is 0 Å². The molecule has 2 rings (SSSR count). The van der Waals surface area contributed by atoms with Gasteiger partial charge in [-0.15, -0.1) is 11.3 Å². The maximum atomic E-state index is 13.3. The van der Waals surface area contributed by atoms with Gasteiger partial charge in [0.1, 0.15) is 11.1 Å². The Morgan fingerprint density at radius 1 is 1.33 bits per heavy atom. The molecule has 0 aliphatic rings. The summed E-state index contributed by atoms with van der Waals surface area (Å²) in [5.41, 5.74) is -0.0926. The average molecular weight is 227 g/mol. The second-order valence-electron chi connectivity index (χ2n) is 2.92. The minimum absolute atomic E-state index is 0.0926. The topological polar surface area (TPSA) is 33.1 Å². The summed E-state index contributed by atoms with van der Waals surface area (Å²) in [6.07, 6.45) is 0.293. The first-order valence-electron chi connectivity index (χ1n) is 4.21. The molecule has 1 unspecified atom stereocenters. The van der Waals surface area contributed by atoms with Crippen LogP contribution in [0.25, 0.3) is 0 Å². The zero-order chi connectivity index (χ0) is 10.8. The lowest BCUT2D eigenvalue weighted by atomic mass is 10.1. The van der Waals surface area contributed by atoms with E-state index in [1.54, 1.807) is 5.38 Å². The molecule has 78 valence electrons. The zero-order valence-electron chi connectivity index (χ0n) is 7.52. The van der Waals surface area contributed by atoms with Gasteiger partial charge in [-0.05, 0) is 6.07 Å². The van der Waals surface area contributed by atoms with Gasteiger partial charge in [0, 0.05) is 17.1 Å². The summed E-state index contributed by atoms with van der Waals surface area (Å²) < 4.78 is 26.2. The highest BCUT2D eigenvalue weighted by Crippen LogP contribution is 2.26. The fourth-order valence-electron chi connectivity index (χ4n) is 1.23. The third-order valence-corrected chi connectivity index (χ3v) is 2.79. The molecule has 1 aromatic carbocycles. The first kappa shape index (κ1) is 10.2. The molecular weight excluding hydrogens is 220 g/mol. The van der Waals surface area contributed by atoms with Crippen molar-refractivity contribution in [2.45, 2.75) is 6.10 Å². The van der Waals surface area contributed by atoms with Gasteiger partial charge in [-0.2, -0.15) is 0 Å². The largest absolute Gasteiger partial charge is 0.381 e. The predicted octanol–water partition coefficient (Wildman–Crippen LogP) is 2.50. The molecule has 0 aliphatic carbocycles. The minimum atomic E-state index is -1.21. The van der Waals surface area contributed by atoms with E-state index in [0.29, 0.717) is 5.01 Å². The summed E-state index contributed by atoms with van der Waals surface area (Å²) in [6, 6.07) is 3.70. The van der Waals surface area contributed by atoms with Gasteiger partial charge in [-0.25, -0.2) is 13.8 Å². The third kappa shape index (κ3) is 1.88. The molecule has 1 N–H and O–H groups in total. The lowest BCUT2D eigenvalue weighted by Gasteiger charge is -2.08. The van der Waals surface area contributed by atoms with Gasteiger partial charge in [0.2, 0.25) is 0 Å². The van der Waals surface area contributed by atoms with Crippen LogP contribution in [0.1, 0.15) is 16.7 Å². The number of benzene rings is 1. The van der Waals surface area contributed by atoms with Crippen molar-refractivity contribution in [1.82, 2.24) is 4.98 Å². The van der Waals surface area contributed by atoms with Crippen LogP contribution in [0.5, 0.6) is 0 Å². The Labute approximate surface area is 88.8 Å². The fourth-order valence-corrected chi connectivity index (χ4v) is 1.87. The average Bonchev–Trinajstić information content (AvgIpc) is 2.74. The van der Waals surface area contributed by atoms with Crippen LogP contribution in [0.15, 0.2) is 29.8 Å². The van der Waals surface area contributed by atoms with Gasteiger partial charge in [0.25, 0.3) is 0 Å². The smallest absolute Gasteiger partial charge is 0.165 e. The normalized spacial score (nSPS) is 12.7. The molecule has 0 aliphatic heterocycles. The number of aromatic nitrogens is 1. The lowest BCUT2D eigenvalue weighted by molar-refractivity contribution is 0.213. The second kappa shape index (κ2) is 4.04. The van der Waals surface area contributed by atoms with Gasteiger partial charge in [-0.1, -0.05) is 12.1 Å². The number of hydrogen-bond donors (Lipinski definition) is 1. The van der Waals surface area contributed by atoms with Gasteiger partial charge in [0.05, 0.1) is 0 Å². The molecular formula is C10H7F2NOS. The number of aliphatic hydroxyl groups is 1. The predicted molar refractivity (Wildman–Crippen MR) is 52.5 cm³/mol. The summed E-state index contributed by atoms with van der Waals surface area (Å²) >= 11 is 1.19. The summed E-state index contributed by atoms with van der Waals surface area (Å²) in [5.74, 6) is -2.00. The van der Waals surface area contributed by atoms with Crippen LogP contribution in [0, 0.1) is 11.6 Å². The Kier molecular flexibility index (Phi) is 2.75. The highest BCUT2D eigenvalue weighted by Gasteiger charge is 2.19. The molecule has 0 radical (unpaired) electrons. The summed E-state index contributed by atoms with van der Waals surface area (Å²) in [6.45, 7) is 0. The molecule has 2 aromatic rings. The van der Waals surface area contributed by atoms with E-state index in [4.69, 9.17) is 0 Å². The van der Waals surface area contributed by atoms with Crippen molar-refractivity contribution in [2.75, 3.05) is 0 Å². The summed E-state index contributed by atoms with van der Waals surface area (Å²) in [5, 5.41) is 11.7. The van der Waals surface area contributed by atoms with Crippen LogP contribution < -0.4 is 0 Å². The SMILES string of the molecule is OC(c1nccs1)c1cccc(F)c1F. The first-order chi connectivity index (χ1) is 7.20. The van der Waals surface area contributed by atoms with Gasteiger partial charge < -0.3 is 5.11 Å². The number of hydrogen-bond acceptors (Lipinski definition) is 3. The molecule has 0 fully saturated rings. The van der Waals surface area contributed by atoms with Crippen LogP contribution in [-0.4, -0.2) is 10.1 Å². The molecule has 0 amide bonds. The van der Waals surface area contributed by atoms with Crippen LogP contribution in [0.3, 0.4) is 0 Å². The van der Waals surface area contributed by atoms with Crippen LogP contribution >= 0.6 is 11.3 Å². The molecule has 1 heterocycles. The molecule has 1 aromatic heterocycles. The van der Waals surface area contributed by atoms with E-state index in [0.717, 1.165) is 6.07 Å². The Hall–Kier alpha value is -1.33. The van der Waals surface area contributed by atoms with Crippen molar-refractivity contribution in [3.8, 4) is 0 Å². The minimum Gasteiger partial charge on any atom is -0.381 e. The van der Waals surface area contributed by atoms with Crippen molar-refractivity contribution in [1.29, 1.82) is 0 Å². The van der Waals surface area contributed by atoms with Crippen LogP contribution in [0.2, 0.25) is 0 Å². The van der Waals surface area contributed by atoms with Crippen LogP contribution in [-0.2, 0) is 0 Å². The molecule has 0 saturated heterocycles. The van der Waals surface area contributed by atoms with Crippen molar-refractivity contribution < 1.29 is 13.9 Å². The van der Waals surface area contributed by atoms with Crippen molar-refractivity contribution >= 4 is 11.3 Å². The number of rotatable bonds is 2. The van der Waals surface area contributed by atoms with E-state index < -0.39 is 17.7 Å². The third-order valence-electron chi connectivity index (χ3n) is 1.96. The van der Waals surface area contributed by atoms with Crippen LogP contribution in [0.4, 0.5) is 8.78 Å². The quantitative estimate of drug-likeness (QED) is 0.855. The number of aliphatic hydroxyl groups excluding tert-OH is 1. The lowest BCUT2D eigenvalue weighted by Crippen LogP contribution is -2.03. The van der Waals surface area contributed by atoms with Crippen molar-refractivity contribution in [3.05, 3.63) is 52.0 Å². The van der Waals surface area contributed by atoms with E-state index in [-0.39, 0.29) is 5.56 Å². The van der Waals surface area contributed by atoms with Gasteiger partial charge >= 0.3 is 0 Å². The highest BCUT2D eigenvalue weighted by molar-refractivity contribution is 7.09. The Balaban J connectivity index is 2.42. The van der Waals surface area contributed by atoms with E-state index in [1.165, 1.54) is 29.7 Å². The molecule has 0 bridgehead atoms. The number of nitrogens with zero attached hydrogens (tertiary/aromatic N) is 1. The molecule has 0 saturated carbocycles. The summed E-state index contributed by atoms with van der Waals surface area (Å²) in [7, 11) is 0.